The lowest BCUT2D eigenvalue weighted by Gasteiger charge is -2.07. The van der Waals surface area contributed by atoms with Gasteiger partial charge in [0, 0.05) is 6.61 Å². The van der Waals surface area contributed by atoms with Crippen molar-refractivity contribution in [1.29, 1.82) is 0 Å². The van der Waals surface area contributed by atoms with Gasteiger partial charge < -0.3 is 14.9 Å². The molecule has 1 unspecified atom stereocenters. The van der Waals surface area contributed by atoms with Crippen LogP contribution in [0.1, 0.15) is 13.3 Å². The van der Waals surface area contributed by atoms with Crippen LogP contribution < -0.4 is 0 Å². The first-order valence-corrected chi connectivity index (χ1v) is 4.01. The Balaban J connectivity index is 3.71. The zero-order valence-corrected chi connectivity index (χ0v) is 7.52. The monoisotopic (exact) mass is 190 g/mol. The smallest absolute Gasteiger partial charge is 0.314 e. The first kappa shape index (κ1) is 12.1. The highest BCUT2D eigenvalue weighted by molar-refractivity contribution is 5.96. The van der Waals surface area contributed by atoms with E-state index in [0.717, 1.165) is 0 Å². The molecule has 0 aromatic heterocycles. The van der Waals surface area contributed by atoms with Crippen LogP contribution >= 0.6 is 0 Å². The fourth-order valence-corrected chi connectivity index (χ4v) is 0.868. The molecule has 0 aromatic carbocycles. The summed E-state index contributed by atoms with van der Waals surface area (Å²) >= 11 is 0. The van der Waals surface area contributed by atoms with Crippen molar-refractivity contribution in [2.45, 2.75) is 13.3 Å². The average Bonchev–Trinajstić information content (AvgIpc) is 2.02. The van der Waals surface area contributed by atoms with Gasteiger partial charge in [0.05, 0.1) is 13.2 Å². The van der Waals surface area contributed by atoms with Crippen LogP contribution in [0.5, 0.6) is 0 Å². The van der Waals surface area contributed by atoms with E-state index in [1.54, 1.807) is 0 Å². The van der Waals surface area contributed by atoms with E-state index in [9.17, 15) is 9.59 Å². The molecule has 0 aliphatic heterocycles. The summed E-state index contributed by atoms with van der Waals surface area (Å²) in [7, 11) is 0. The SMILES string of the molecule is CC(=O)C(CCOCCO)C(=O)O. The van der Waals surface area contributed by atoms with E-state index in [0.29, 0.717) is 0 Å². The van der Waals surface area contributed by atoms with Crippen LogP contribution in [-0.4, -0.2) is 41.8 Å². The van der Waals surface area contributed by atoms with E-state index in [-0.39, 0.29) is 32.0 Å². The van der Waals surface area contributed by atoms with Gasteiger partial charge in [-0.15, -0.1) is 0 Å². The molecule has 0 heterocycles. The summed E-state index contributed by atoms with van der Waals surface area (Å²) in [6, 6.07) is 0. The zero-order chi connectivity index (χ0) is 10.3. The van der Waals surface area contributed by atoms with Crippen LogP contribution in [0.3, 0.4) is 0 Å². The summed E-state index contributed by atoms with van der Waals surface area (Å²) in [6.45, 7) is 1.49. The Hall–Kier alpha value is -0.940. The summed E-state index contributed by atoms with van der Waals surface area (Å²) in [5.41, 5.74) is 0. The molecular weight excluding hydrogens is 176 g/mol. The molecule has 0 amide bonds. The highest BCUT2D eigenvalue weighted by Crippen LogP contribution is 2.04. The summed E-state index contributed by atoms with van der Waals surface area (Å²) in [5, 5.41) is 16.9. The number of carboxylic acid groups (broad SMARTS) is 1. The van der Waals surface area contributed by atoms with Crippen LogP contribution in [0, 0.1) is 5.92 Å². The summed E-state index contributed by atoms with van der Waals surface area (Å²) in [5.74, 6) is -2.49. The first-order valence-electron chi connectivity index (χ1n) is 4.01. The number of carbonyl (C=O) groups excluding carboxylic acids is 1. The maximum Gasteiger partial charge on any atom is 0.314 e. The fraction of sp³-hybridized carbons (Fsp3) is 0.750. The minimum atomic E-state index is -1.12. The van der Waals surface area contributed by atoms with E-state index in [2.05, 4.69) is 0 Å². The third-order valence-corrected chi connectivity index (χ3v) is 1.58. The molecule has 5 heteroatoms. The van der Waals surface area contributed by atoms with E-state index < -0.39 is 11.9 Å². The topological polar surface area (TPSA) is 83.8 Å². The number of ketones is 1. The van der Waals surface area contributed by atoms with Crippen molar-refractivity contribution >= 4 is 11.8 Å². The van der Waals surface area contributed by atoms with Gasteiger partial charge in [-0.05, 0) is 13.3 Å². The predicted molar refractivity (Wildman–Crippen MR) is 44.3 cm³/mol. The molecule has 0 saturated carbocycles. The van der Waals surface area contributed by atoms with Crippen LogP contribution in [0.15, 0.2) is 0 Å². The van der Waals surface area contributed by atoms with E-state index in [4.69, 9.17) is 14.9 Å². The number of carbonyl (C=O) groups is 2. The van der Waals surface area contributed by atoms with Gasteiger partial charge in [-0.2, -0.15) is 0 Å². The van der Waals surface area contributed by atoms with Gasteiger partial charge in [0.25, 0.3) is 0 Å². The number of aliphatic hydroxyl groups excluding tert-OH is 1. The molecule has 0 aliphatic rings. The number of Topliss-reactive ketones (excluding diaryl/α,β-unsaturated/α-hetero) is 1. The standard InChI is InChI=1S/C8H14O5/c1-6(10)7(8(11)12)2-4-13-5-3-9/h7,9H,2-5H2,1H3,(H,11,12). The molecule has 0 radical (unpaired) electrons. The molecule has 13 heavy (non-hydrogen) atoms. The van der Waals surface area contributed by atoms with E-state index in [1.807, 2.05) is 0 Å². The van der Waals surface area contributed by atoms with Gasteiger partial charge in [-0.25, -0.2) is 0 Å². The van der Waals surface area contributed by atoms with E-state index >= 15 is 0 Å². The molecule has 5 nitrogen and oxygen atoms in total. The Morgan fingerprint density at radius 1 is 1.38 bits per heavy atom. The van der Waals surface area contributed by atoms with Crippen molar-refractivity contribution in [3.8, 4) is 0 Å². The summed E-state index contributed by atoms with van der Waals surface area (Å²) in [6.07, 6.45) is 0.157. The maximum absolute atomic E-state index is 10.8. The van der Waals surface area contributed by atoms with Gasteiger partial charge in [0.1, 0.15) is 11.7 Å². The lowest BCUT2D eigenvalue weighted by molar-refractivity contribution is -0.146. The molecule has 0 aliphatic carbocycles. The Bertz CT molecular complexity index is 163. The van der Waals surface area contributed by atoms with Crippen molar-refractivity contribution in [3.63, 3.8) is 0 Å². The molecule has 76 valence electrons. The molecule has 0 aromatic rings. The molecule has 2 N–H and O–H groups in total. The second-order valence-electron chi connectivity index (χ2n) is 2.63. The Labute approximate surface area is 76.3 Å². The molecule has 1 atom stereocenters. The Morgan fingerprint density at radius 2 is 2.00 bits per heavy atom. The molecule has 0 fully saturated rings. The summed E-state index contributed by atoms with van der Waals surface area (Å²) < 4.78 is 4.85. The number of aliphatic carboxylic acids is 1. The minimum absolute atomic E-state index is 0.0994. The number of hydrogen-bond acceptors (Lipinski definition) is 4. The highest BCUT2D eigenvalue weighted by atomic mass is 16.5. The largest absolute Gasteiger partial charge is 0.481 e. The molecule has 0 rings (SSSR count). The van der Waals surface area contributed by atoms with Crippen LogP contribution in [0.2, 0.25) is 0 Å². The zero-order valence-electron chi connectivity index (χ0n) is 7.52. The van der Waals surface area contributed by atoms with Gasteiger partial charge in [-0.1, -0.05) is 0 Å². The lowest BCUT2D eigenvalue weighted by Crippen LogP contribution is -2.23. The third kappa shape index (κ3) is 5.32. The van der Waals surface area contributed by atoms with Crippen molar-refractivity contribution < 1.29 is 24.5 Å². The second kappa shape index (κ2) is 6.56. The molecular formula is C8H14O5. The Morgan fingerprint density at radius 3 is 2.38 bits per heavy atom. The van der Waals surface area contributed by atoms with E-state index in [1.165, 1.54) is 6.92 Å². The van der Waals surface area contributed by atoms with Gasteiger partial charge in [0.15, 0.2) is 0 Å². The minimum Gasteiger partial charge on any atom is -0.481 e. The lowest BCUT2D eigenvalue weighted by atomic mass is 10.0. The average molecular weight is 190 g/mol. The quantitative estimate of drug-likeness (QED) is 0.424. The van der Waals surface area contributed by atoms with Crippen molar-refractivity contribution in [1.82, 2.24) is 0 Å². The first-order chi connectivity index (χ1) is 6.09. The van der Waals surface area contributed by atoms with Gasteiger partial charge >= 0.3 is 5.97 Å². The van der Waals surface area contributed by atoms with Gasteiger partial charge in [0.2, 0.25) is 0 Å². The van der Waals surface area contributed by atoms with Crippen molar-refractivity contribution in [2.24, 2.45) is 5.92 Å². The van der Waals surface area contributed by atoms with Crippen LogP contribution in [0.4, 0.5) is 0 Å². The molecule has 0 bridgehead atoms. The third-order valence-electron chi connectivity index (χ3n) is 1.58. The van der Waals surface area contributed by atoms with Crippen LogP contribution in [0.25, 0.3) is 0 Å². The normalized spacial score (nSPS) is 12.5. The maximum atomic E-state index is 10.8. The number of carboxylic acids is 1. The summed E-state index contributed by atoms with van der Waals surface area (Å²) in [4.78, 5) is 21.2. The number of hydrogen-bond donors (Lipinski definition) is 2. The van der Waals surface area contributed by atoms with Crippen molar-refractivity contribution in [2.75, 3.05) is 19.8 Å². The number of rotatable bonds is 7. The Kier molecular flexibility index (Phi) is 6.09. The second-order valence-corrected chi connectivity index (χ2v) is 2.63. The van der Waals surface area contributed by atoms with Crippen LogP contribution in [-0.2, 0) is 14.3 Å². The molecule has 0 saturated heterocycles. The highest BCUT2D eigenvalue weighted by Gasteiger charge is 2.21. The number of aliphatic hydroxyl groups is 1. The number of ether oxygens (including phenoxy) is 1. The molecule has 0 spiro atoms. The fourth-order valence-electron chi connectivity index (χ4n) is 0.868. The van der Waals surface area contributed by atoms with Crippen molar-refractivity contribution in [3.05, 3.63) is 0 Å². The van der Waals surface area contributed by atoms with Gasteiger partial charge in [-0.3, -0.25) is 9.59 Å². The predicted octanol–water partition coefficient (Wildman–Crippen LogP) is -0.325.